The van der Waals surface area contributed by atoms with Crippen LogP contribution in [0.15, 0.2) is 59.5 Å². The van der Waals surface area contributed by atoms with Crippen LogP contribution < -0.4 is 10.9 Å². The van der Waals surface area contributed by atoms with E-state index in [4.69, 9.17) is 11.6 Å². The zero-order valence-corrected chi connectivity index (χ0v) is 15.7. The number of nitrogens with one attached hydrogen (secondary N) is 2. The molecule has 0 radical (unpaired) electrons. The van der Waals surface area contributed by atoms with Crippen LogP contribution in [-0.4, -0.2) is 15.9 Å². The van der Waals surface area contributed by atoms with Gasteiger partial charge in [-0.2, -0.15) is 0 Å². The van der Waals surface area contributed by atoms with E-state index in [0.717, 1.165) is 19.3 Å². The van der Waals surface area contributed by atoms with Gasteiger partial charge in [0.15, 0.2) is 0 Å². The predicted octanol–water partition coefficient (Wildman–Crippen LogP) is 4.69. The number of benzene rings is 2. The van der Waals surface area contributed by atoms with Crippen LogP contribution in [0, 0.1) is 0 Å². The average molecular weight is 382 g/mol. The van der Waals surface area contributed by atoms with E-state index in [1.807, 2.05) is 24.3 Å². The van der Waals surface area contributed by atoms with Gasteiger partial charge in [-0.3, -0.25) is 9.59 Å². The SMILES string of the molecule is CCCCc1ccc(NC(=O)c2cnc(-c3ccc(Cl)cc3)[nH]c2=O)cc1. The molecule has 0 aliphatic carbocycles. The molecule has 0 atom stereocenters. The van der Waals surface area contributed by atoms with Gasteiger partial charge in [0.25, 0.3) is 11.5 Å². The smallest absolute Gasteiger partial charge is 0.264 e. The highest BCUT2D eigenvalue weighted by atomic mass is 35.5. The second kappa shape index (κ2) is 8.64. The molecular formula is C21H20ClN3O2. The number of amides is 1. The lowest BCUT2D eigenvalue weighted by Crippen LogP contribution is -2.24. The molecule has 0 bridgehead atoms. The van der Waals surface area contributed by atoms with Crippen LogP contribution in [-0.2, 0) is 6.42 Å². The van der Waals surface area contributed by atoms with Gasteiger partial charge < -0.3 is 10.3 Å². The van der Waals surface area contributed by atoms with Crippen LogP contribution in [0.4, 0.5) is 5.69 Å². The fourth-order valence-corrected chi connectivity index (χ4v) is 2.77. The van der Waals surface area contributed by atoms with Crippen molar-refractivity contribution in [1.82, 2.24) is 9.97 Å². The Balaban J connectivity index is 1.73. The zero-order chi connectivity index (χ0) is 19.2. The van der Waals surface area contributed by atoms with Gasteiger partial charge >= 0.3 is 0 Å². The number of aromatic nitrogens is 2. The number of nitrogens with zero attached hydrogens (tertiary/aromatic N) is 1. The molecule has 0 unspecified atom stereocenters. The van der Waals surface area contributed by atoms with Crippen LogP contribution in [0.3, 0.4) is 0 Å². The minimum atomic E-state index is -0.494. The Morgan fingerprint density at radius 3 is 2.44 bits per heavy atom. The van der Waals surface area contributed by atoms with E-state index in [1.54, 1.807) is 24.3 Å². The number of carbonyl (C=O) groups excluding carboxylic acids is 1. The van der Waals surface area contributed by atoms with Crippen molar-refractivity contribution < 1.29 is 4.79 Å². The largest absolute Gasteiger partial charge is 0.322 e. The van der Waals surface area contributed by atoms with E-state index < -0.39 is 11.5 Å². The number of carbonyl (C=O) groups is 1. The van der Waals surface area contributed by atoms with Crippen molar-refractivity contribution in [2.45, 2.75) is 26.2 Å². The van der Waals surface area contributed by atoms with Crippen molar-refractivity contribution in [3.05, 3.63) is 81.2 Å². The van der Waals surface area contributed by atoms with Crippen LogP contribution >= 0.6 is 11.6 Å². The summed E-state index contributed by atoms with van der Waals surface area (Å²) in [6.07, 6.45) is 4.57. The van der Waals surface area contributed by atoms with Gasteiger partial charge in [-0.05, 0) is 54.8 Å². The van der Waals surface area contributed by atoms with E-state index in [0.29, 0.717) is 22.1 Å². The summed E-state index contributed by atoms with van der Waals surface area (Å²) in [5.41, 5.74) is 2.05. The van der Waals surface area contributed by atoms with E-state index in [1.165, 1.54) is 11.8 Å². The molecule has 0 saturated heterocycles. The molecule has 138 valence electrons. The first kappa shape index (κ1) is 18.9. The molecule has 1 amide bonds. The summed E-state index contributed by atoms with van der Waals surface area (Å²) >= 11 is 5.86. The highest BCUT2D eigenvalue weighted by molar-refractivity contribution is 6.30. The normalized spacial score (nSPS) is 10.6. The summed E-state index contributed by atoms with van der Waals surface area (Å²) in [6.45, 7) is 2.15. The summed E-state index contributed by atoms with van der Waals surface area (Å²) in [7, 11) is 0. The molecule has 0 fully saturated rings. The average Bonchev–Trinajstić information content (AvgIpc) is 2.68. The molecule has 3 aromatic rings. The minimum absolute atomic E-state index is 0.0391. The van der Waals surface area contributed by atoms with Gasteiger partial charge in [0, 0.05) is 22.5 Å². The summed E-state index contributed by atoms with van der Waals surface area (Å²) in [5.74, 6) is -0.110. The maximum atomic E-state index is 12.4. The van der Waals surface area contributed by atoms with Crippen molar-refractivity contribution in [2.75, 3.05) is 5.32 Å². The van der Waals surface area contributed by atoms with Crippen LogP contribution in [0.2, 0.25) is 5.02 Å². The summed E-state index contributed by atoms with van der Waals surface area (Å²) in [6, 6.07) is 14.6. The molecule has 1 heterocycles. The number of hydrogen-bond donors (Lipinski definition) is 2. The Morgan fingerprint density at radius 1 is 1.11 bits per heavy atom. The third-order valence-corrected chi connectivity index (χ3v) is 4.44. The molecule has 1 aromatic heterocycles. The maximum Gasteiger partial charge on any atom is 0.264 e. The van der Waals surface area contributed by atoms with E-state index >= 15 is 0 Å². The number of halogens is 1. The highest BCUT2D eigenvalue weighted by Crippen LogP contribution is 2.17. The Morgan fingerprint density at radius 2 is 1.81 bits per heavy atom. The van der Waals surface area contributed by atoms with Gasteiger partial charge in [0.05, 0.1) is 0 Å². The topological polar surface area (TPSA) is 74.8 Å². The molecule has 3 rings (SSSR count). The first-order chi connectivity index (χ1) is 13.1. The first-order valence-electron chi connectivity index (χ1n) is 8.82. The molecule has 2 aromatic carbocycles. The molecule has 2 N–H and O–H groups in total. The van der Waals surface area contributed by atoms with Crippen molar-refractivity contribution >= 4 is 23.2 Å². The molecule has 0 saturated carbocycles. The predicted molar refractivity (Wildman–Crippen MR) is 108 cm³/mol. The molecule has 0 spiro atoms. The monoisotopic (exact) mass is 381 g/mol. The number of H-pyrrole nitrogens is 1. The van der Waals surface area contributed by atoms with Crippen molar-refractivity contribution in [3.8, 4) is 11.4 Å². The molecule has 27 heavy (non-hydrogen) atoms. The molecule has 0 aliphatic rings. The number of anilines is 1. The minimum Gasteiger partial charge on any atom is -0.322 e. The highest BCUT2D eigenvalue weighted by Gasteiger charge is 2.13. The third kappa shape index (κ3) is 4.83. The molecular weight excluding hydrogens is 362 g/mol. The Bertz CT molecular complexity index is 980. The van der Waals surface area contributed by atoms with Gasteiger partial charge in [-0.15, -0.1) is 0 Å². The van der Waals surface area contributed by atoms with Gasteiger partial charge in [-0.25, -0.2) is 4.98 Å². The number of unbranched alkanes of at least 4 members (excludes halogenated alkanes) is 1. The third-order valence-electron chi connectivity index (χ3n) is 4.19. The Hall–Kier alpha value is -2.92. The maximum absolute atomic E-state index is 12.4. The Labute approximate surface area is 162 Å². The molecule has 5 nitrogen and oxygen atoms in total. The van der Waals surface area contributed by atoms with Crippen LogP contribution in [0.1, 0.15) is 35.7 Å². The first-order valence-corrected chi connectivity index (χ1v) is 9.20. The lowest BCUT2D eigenvalue weighted by atomic mass is 10.1. The van der Waals surface area contributed by atoms with Crippen LogP contribution in [0.5, 0.6) is 0 Å². The van der Waals surface area contributed by atoms with E-state index in [9.17, 15) is 9.59 Å². The number of aryl methyl sites for hydroxylation is 1. The summed E-state index contributed by atoms with van der Waals surface area (Å²) in [4.78, 5) is 31.5. The number of aromatic amines is 1. The second-order valence-corrected chi connectivity index (χ2v) is 6.67. The lowest BCUT2D eigenvalue weighted by molar-refractivity contribution is 0.102. The second-order valence-electron chi connectivity index (χ2n) is 6.24. The number of hydrogen-bond acceptors (Lipinski definition) is 3. The summed E-state index contributed by atoms with van der Waals surface area (Å²) < 4.78 is 0. The quantitative estimate of drug-likeness (QED) is 0.650. The standard InChI is InChI=1S/C21H20ClN3O2/c1-2-3-4-14-5-11-17(12-6-14)24-20(26)18-13-23-19(25-21(18)27)15-7-9-16(22)10-8-15/h5-13H,2-4H2,1H3,(H,24,26)(H,23,25,27). The molecule has 0 aliphatic heterocycles. The van der Waals surface area contributed by atoms with Crippen LogP contribution in [0.25, 0.3) is 11.4 Å². The van der Waals surface area contributed by atoms with Gasteiger partial charge in [-0.1, -0.05) is 37.1 Å². The Kier molecular flexibility index (Phi) is 6.04. The van der Waals surface area contributed by atoms with Gasteiger partial charge in [0.1, 0.15) is 11.4 Å². The zero-order valence-electron chi connectivity index (χ0n) is 15.0. The van der Waals surface area contributed by atoms with E-state index in [2.05, 4.69) is 22.2 Å². The lowest BCUT2D eigenvalue weighted by Gasteiger charge is -2.07. The number of rotatable bonds is 6. The van der Waals surface area contributed by atoms with E-state index in [-0.39, 0.29) is 5.56 Å². The fourth-order valence-electron chi connectivity index (χ4n) is 2.65. The fraction of sp³-hybridized carbons (Fsp3) is 0.190. The van der Waals surface area contributed by atoms with Gasteiger partial charge in [0.2, 0.25) is 0 Å². The van der Waals surface area contributed by atoms with Crippen molar-refractivity contribution in [3.63, 3.8) is 0 Å². The molecule has 6 heteroatoms. The van der Waals surface area contributed by atoms with Crippen molar-refractivity contribution in [1.29, 1.82) is 0 Å². The van der Waals surface area contributed by atoms with Crippen molar-refractivity contribution in [2.24, 2.45) is 0 Å². The summed E-state index contributed by atoms with van der Waals surface area (Å²) in [5, 5.41) is 3.33.